The van der Waals surface area contributed by atoms with Crippen LogP contribution in [0.1, 0.15) is 46.8 Å². The van der Waals surface area contributed by atoms with Gasteiger partial charge >= 0.3 is 0 Å². The molecule has 0 aliphatic rings. The number of carbonyl (C=O) groups excluding carboxylic acids is 1. The zero-order valence-electron chi connectivity index (χ0n) is 11.9. The fraction of sp³-hybridized carbons (Fsp3) is 0.278. The van der Waals surface area contributed by atoms with E-state index < -0.39 is 0 Å². The third-order valence-electron chi connectivity index (χ3n) is 3.34. The van der Waals surface area contributed by atoms with E-state index in [0.29, 0.717) is 16.1 Å². The number of carbonyl (C=O) groups is 1. The van der Waals surface area contributed by atoms with Crippen LogP contribution in [-0.4, -0.2) is 5.78 Å². The lowest BCUT2D eigenvalue weighted by Crippen LogP contribution is -2.02. The number of hydrogen-bond acceptors (Lipinski definition) is 1. The minimum Gasteiger partial charge on any atom is -0.289 e. The topological polar surface area (TPSA) is 17.1 Å². The molecule has 0 radical (unpaired) electrons. The molecule has 104 valence electrons. The highest BCUT2D eigenvalue weighted by molar-refractivity contribution is 6.31. The fourth-order valence-corrected chi connectivity index (χ4v) is 2.53. The molecule has 2 aromatic carbocycles. The molecule has 0 atom stereocenters. The van der Waals surface area contributed by atoms with Crippen molar-refractivity contribution in [3.8, 4) is 0 Å². The van der Waals surface area contributed by atoms with Crippen molar-refractivity contribution < 1.29 is 4.79 Å². The lowest BCUT2D eigenvalue weighted by atomic mass is 9.99. The molecular weight excluding hydrogens is 268 g/mol. The minimum absolute atomic E-state index is 0.0256. The van der Waals surface area contributed by atoms with E-state index in [9.17, 15) is 4.79 Å². The van der Waals surface area contributed by atoms with Crippen molar-refractivity contribution in [3.63, 3.8) is 0 Å². The first-order valence-corrected chi connectivity index (χ1v) is 7.39. The fourth-order valence-electron chi connectivity index (χ4n) is 2.24. The highest BCUT2D eigenvalue weighted by Gasteiger charge is 2.10. The quantitative estimate of drug-likeness (QED) is 0.689. The van der Waals surface area contributed by atoms with Gasteiger partial charge in [0.25, 0.3) is 0 Å². The summed E-state index contributed by atoms with van der Waals surface area (Å²) in [7, 11) is 0. The smallest absolute Gasteiger partial charge is 0.193 e. The highest BCUT2D eigenvalue weighted by Crippen LogP contribution is 2.18. The zero-order valence-corrected chi connectivity index (χ0v) is 12.7. The molecule has 0 fully saturated rings. The molecule has 0 bridgehead atoms. The van der Waals surface area contributed by atoms with Crippen molar-refractivity contribution in [2.45, 2.75) is 33.1 Å². The van der Waals surface area contributed by atoms with Gasteiger partial charge in [-0.2, -0.15) is 0 Å². The summed E-state index contributed by atoms with van der Waals surface area (Å²) in [5, 5.41) is 0.605. The summed E-state index contributed by atoms with van der Waals surface area (Å²) in [6.07, 6.45) is 3.44. The summed E-state index contributed by atoms with van der Waals surface area (Å²) in [6.45, 7) is 4.12. The van der Waals surface area contributed by atoms with Gasteiger partial charge in [-0.15, -0.1) is 0 Å². The van der Waals surface area contributed by atoms with Gasteiger partial charge in [-0.3, -0.25) is 4.79 Å². The van der Waals surface area contributed by atoms with Gasteiger partial charge in [0.05, 0.1) is 0 Å². The summed E-state index contributed by atoms with van der Waals surface area (Å²) in [4.78, 5) is 12.4. The van der Waals surface area contributed by atoms with Crippen LogP contribution in [0.25, 0.3) is 0 Å². The normalized spacial score (nSPS) is 10.6. The molecule has 0 aliphatic heterocycles. The summed E-state index contributed by atoms with van der Waals surface area (Å²) in [6, 6.07) is 13.3. The summed E-state index contributed by atoms with van der Waals surface area (Å²) in [5.74, 6) is 0.0256. The standard InChI is InChI=1S/C18H19ClO/c1-3-4-5-14-6-8-15(9-7-14)18(20)16-10-13(2)11-17(19)12-16/h6-12H,3-5H2,1-2H3. The van der Waals surface area contributed by atoms with Crippen molar-refractivity contribution in [1.82, 2.24) is 0 Å². The van der Waals surface area contributed by atoms with Gasteiger partial charge in [-0.25, -0.2) is 0 Å². The van der Waals surface area contributed by atoms with Crippen LogP contribution in [0.15, 0.2) is 42.5 Å². The van der Waals surface area contributed by atoms with E-state index >= 15 is 0 Å². The first-order valence-electron chi connectivity index (χ1n) is 7.01. The van der Waals surface area contributed by atoms with Crippen LogP contribution >= 0.6 is 11.6 Å². The molecule has 0 aromatic heterocycles. The summed E-state index contributed by atoms with van der Waals surface area (Å²) < 4.78 is 0. The molecule has 0 amide bonds. The molecule has 0 spiro atoms. The van der Waals surface area contributed by atoms with Crippen molar-refractivity contribution in [2.24, 2.45) is 0 Å². The SMILES string of the molecule is CCCCc1ccc(C(=O)c2cc(C)cc(Cl)c2)cc1. The Hall–Kier alpha value is -1.60. The van der Waals surface area contributed by atoms with Crippen LogP contribution in [0.5, 0.6) is 0 Å². The molecular formula is C18H19ClO. The predicted molar refractivity (Wildman–Crippen MR) is 84.7 cm³/mol. The van der Waals surface area contributed by atoms with Gasteiger partial charge in [0, 0.05) is 16.1 Å². The molecule has 2 aromatic rings. The minimum atomic E-state index is 0.0256. The van der Waals surface area contributed by atoms with E-state index in [1.165, 1.54) is 18.4 Å². The number of unbranched alkanes of at least 4 members (excludes halogenated alkanes) is 1. The number of hydrogen-bond donors (Lipinski definition) is 0. The van der Waals surface area contributed by atoms with E-state index in [-0.39, 0.29) is 5.78 Å². The van der Waals surface area contributed by atoms with Gasteiger partial charge in [0.2, 0.25) is 0 Å². The molecule has 0 saturated heterocycles. The summed E-state index contributed by atoms with van der Waals surface area (Å²) >= 11 is 6.01. The zero-order chi connectivity index (χ0) is 14.5. The van der Waals surface area contributed by atoms with Gasteiger partial charge in [0.1, 0.15) is 0 Å². The second kappa shape index (κ2) is 6.71. The Kier molecular flexibility index (Phi) is 4.97. The predicted octanol–water partition coefficient (Wildman–Crippen LogP) is 5.22. The Bertz CT molecular complexity index is 579. The van der Waals surface area contributed by atoms with Crippen molar-refractivity contribution >= 4 is 17.4 Å². The second-order valence-electron chi connectivity index (χ2n) is 5.15. The lowest BCUT2D eigenvalue weighted by Gasteiger charge is -2.05. The number of rotatable bonds is 5. The second-order valence-corrected chi connectivity index (χ2v) is 5.58. The average Bonchev–Trinajstić information content (AvgIpc) is 2.44. The Labute approximate surface area is 125 Å². The molecule has 0 unspecified atom stereocenters. The molecule has 0 N–H and O–H groups in total. The Balaban J connectivity index is 2.20. The molecule has 1 nitrogen and oxygen atoms in total. The lowest BCUT2D eigenvalue weighted by molar-refractivity contribution is 0.103. The van der Waals surface area contributed by atoms with Crippen LogP contribution in [0, 0.1) is 6.92 Å². The summed E-state index contributed by atoms with van der Waals surface area (Å²) in [5.41, 5.74) is 3.65. The third-order valence-corrected chi connectivity index (χ3v) is 3.56. The highest BCUT2D eigenvalue weighted by atomic mass is 35.5. The van der Waals surface area contributed by atoms with Gasteiger partial charge < -0.3 is 0 Å². The van der Waals surface area contributed by atoms with Crippen LogP contribution in [0.4, 0.5) is 0 Å². The van der Waals surface area contributed by atoms with E-state index in [1.54, 1.807) is 6.07 Å². The molecule has 2 rings (SSSR count). The maximum Gasteiger partial charge on any atom is 0.193 e. The monoisotopic (exact) mass is 286 g/mol. The van der Waals surface area contributed by atoms with Crippen LogP contribution in [0.2, 0.25) is 5.02 Å². The Morgan fingerprint density at radius 2 is 1.75 bits per heavy atom. The van der Waals surface area contributed by atoms with Crippen LogP contribution in [0.3, 0.4) is 0 Å². The molecule has 0 aliphatic carbocycles. The van der Waals surface area contributed by atoms with E-state index in [0.717, 1.165) is 12.0 Å². The number of benzene rings is 2. The molecule has 2 heteroatoms. The first-order chi connectivity index (χ1) is 9.60. The maximum absolute atomic E-state index is 12.4. The van der Waals surface area contributed by atoms with Crippen molar-refractivity contribution in [2.75, 3.05) is 0 Å². The maximum atomic E-state index is 12.4. The number of ketones is 1. The Morgan fingerprint density at radius 1 is 1.05 bits per heavy atom. The van der Waals surface area contributed by atoms with E-state index in [2.05, 4.69) is 6.92 Å². The first kappa shape index (κ1) is 14.8. The molecule has 0 heterocycles. The molecule has 0 saturated carbocycles. The van der Waals surface area contributed by atoms with E-state index in [4.69, 9.17) is 11.6 Å². The van der Waals surface area contributed by atoms with Gasteiger partial charge in [-0.05, 0) is 49.1 Å². The third kappa shape index (κ3) is 3.71. The number of aryl methyl sites for hydroxylation is 2. The van der Waals surface area contributed by atoms with Crippen LogP contribution < -0.4 is 0 Å². The number of halogens is 1. The van der Waals surface area contributed by atoms with Gasteiger partial charge in [0.15, 0.2) is 5.78 Å². The van der Waals surface area contributed by atoms with E-state index in [1.807, 2.05) is 43.3 Å². The van der Waals surface area contributed by atoms with Gasteiger partial charge in [-0.1, -0.05) is 49.2 Å². The average molecular weight is 287 g/mol. The Morgan fingerprint density at radius 3 is 2.35 bits per heavy atom. The van der Waals surface area contributed by atoms with Crippen LogP contribution in [-0.2, 0) is 6.42 Å². The molecule has 20 heavy (non-hydrogen) atoms. The largest absolute Gasteiger partial charge is 0.289 e. The van der Waals surface area contributed by atoms with Crippen molar-refractivity contribution in [1.29, 1.82) is 0 Å². The van der Waals surface area contributed by atoms with Crippen molar-refractivity contribution in [3.05, 3.63) is 69.7 Å².